The van der Waals surface area contributed by atoms with E-state index in [1.807, 2.05) is 6.07 Å². The smallest absolute Gasteiger partial charge is 0.336 e. The minimum absolute atomic E-state index is 0.254. The van der Waals surface area contributed by atoms with Crippen LogP contribution in [-0.2, 0) is 9.53 Å². The number of piperidine rings is 1. The maximum absolute atomic E-state index is 12.3. The number of thiocarbonyl (C=S) groups is 1. The van der Waals surface area contributed by atoms with Crippen LogP contribution in [0.15, 0.2) is 41.1 Å². The lowest BCUT2D eigenvalue weighted by Crippen LogP contribution is -2.85. The summed E-state index contributed by atoms with van der Waals surface area (Å²) in [5.74, 6) is 1.06. The van der Waals surface area contributed by atoms with Gasteiger partial charge in [-0.2, -0.15) is 0 Å². The SMILES string of the molecule is C1CC[NH2+]CC1.CCOC(=O)C1=C(C)NC(=S)C(=C=[N-])C1c1cccc(Cl)c1. The zero-order valence-corrected chi connectivity index (χ0v) is 17.8. The van der Waals surface area contributed by atoms with Crippen molar-refractivity contribution in [2.75, 3.05) is 19.7 Å². The fourth-order valence-corrected chi connectivity index (χ4v) is 3.83. The number of quaternary nitrogens is 1. The first-order chi connectivity index (χ1) is 13.5. The van der Waals surface area contributed by atoms with Gasteiger partial charge < -0.3 is 20.8 Å². The third kappa shape index (κ3) is 5.76. The van der Waals surface area contributed by atoms with Crippen LogP contribution >= 0.6 is 23.8 Å². The van der Waals surface area contributed by atoms with Gasteiger partial charge in [-0.3, -0.25) is 5.87 Å². The summed E-state index contributed by atoms with van der Waals surface area (Å²) in [6.07, 6.45) is 4.36. The van der Waals surface area contributed by atoms with Crippen LogP contribution in [0.5, 0.6) is 0 Å². The standard InChI is InChI=1S/C16H14ClN2O2S.C5H11N/c1-3-21-16(20)13-9(2)19-15(22)12(8-18)14(13)10-5-4-6-11(17)7-10;1-2-4-6-5-3-1/h4-7,14H,3H2,1-2H3,(H,19,22);6H,1-5H2/q-1;/p+1. The van der Waals surface area contributed by atoms with Crippen molar-refractivity contribution in [1.29, 1.82) is 0 Å². The van der Waals surface area contributed by atoms with Crippen molar-refractivity contribution in [3.05, 3.63) is 57.1 Å². The number of rotatable bonds is 3. The van der Waals surface area contributed by atoms with E-state index < -0.39 is 11.9 Å². The van der Waals surface area contributed by atoms with Gasteiger partial charge in [0, 0.05) is 16.3 Å². The van der Waals surface area contributed by atoms with Gasteiger partial charge >= 0.3 is 5.97 Å². The Morgan fingerprint density at radius 1 is 1.39 bits per heavy atom. The average Bonchev–Trinajstić information content (AvgIpc) is 2.69. The number of allylic oxidation sites excluding steroid dienone is 1. The number of hydrogen-bond acceptors (Lipinski definition) is 3. The largest absolute Gasteiger partial charge is 0.763 e. The van der Waals surface area contributed by atoms with E-state index in [0.29, 0.717) is 26.9 Å². The van der Waals surface area contributed by atoms with Crippen LogP contribution < -0.4 is 10.6 Å². The minimum Gasteiger partial charge on any atom is -0.763 e. The average molecular weight is 420 g/mol. The minimum atomic E-state index is -0.573. The molecular formula is C21H26ClN3O2S. The molecule has 150 valence electrons. The van der Waals surface area contributed by atoms with E-state index in [9.17, 15) is 10.2 Å². The highest BCUT2D eigenvalue weighted by Crippen LogP contribution is 2.37. The van der Waals surface area contributed by atoms with E-state index in [0.717, 1.165) is 5.56 Å². The molecule has 2 aliphatic heterocycles. The van der Waals surface area contributed by atoms with Crippen LogP contribution in [0.1, 0.15) is 44.6 Å². The van der Waals surface area contributed by atoms with Crippen molar-refractivity contribution < 1.29 is 14.8 Å². The second kappa shape index (κ2) is 11.1. The van der Waals surface area contributed by atoms with Crippen molar-refractivity contribution in [2.45, 2.75) is 39.0 Å². The van der Waals surface area contributed by atoms with Gasteiger partial charge in [-0.1, -0.05) is 36.0 Å². The van der Waals surface area contributed by atoms with Crippen molar-refractivity contribution in [3.63, 3.8) is 0 Å². The Balaban J connectivity index is 0.000000397. The lowest BCUT2D eigenvalue weighted by atomic mass is 9.81. The summed E-state index contributed by atoms with van der Waals surface area (Å²) in [6, 6.07) is 7.05. The summed E-state index contributed by atoms with van der Waals surface area (Å²) in [4.78, 5) is 12.6. The number of nitrogens with one attached hydrogen (secondary N) is 1. The molecule has 5 nitrogen and oxygen atoms in total. The summed E-state index contributed by atoms with van der Waals surface area (Å²) >= 11 is 11.3. The third-order valence-electron chi connectivity index (χ3n) is 4.64. The van der Waals surface area contributed by atoms with Gasteiger partial charge in [0.1, 0.15) is 4.99 Å². The Morgan fingerprint density at radius 2 is 2.11 bits per heavy atom. The summed E-state index contributed by atoms with van der Waals surface area (Å²) in [6.45, 7) is 6.48. The van der Waals surface area contributed by atoms with Crippen molar-refractivity contribution >= 4 is 40.6 Å². The van der Waals surface area contributed by atoms with E-state index in [4.69, 9.17) is 28.6 Å². The predicted octanol–water partition coefficient (Wildman–Crippen LogP) is 3.09. The molecule has 28 heavy (non-hydrogen) atoms. The van der Waals surface area contributed by atoms with E-state index in [1.54, 1.807) is 32.0 Å². The van der Waals surface area contributed by atoms with Gasteiger partial charge in [-0.25, -0.2) is 4.79 Å². The monoisotopic (exact) mass is 419 g/mol. The second-order valence-electron chi connectivity index (χ2n) is 6.65. The summed E-state index contributed by atoms with van der Waals surface area (Å²) in [7, 11) is 0. The Hall–Kier alpha value is -1.98. The van der Waals surface area contributed by atoms with Gasteiger partial charge in [0.05, 0.1) is 31.2 Å². The first-order valence-electron chi connectivity index (χ1n) is 9.52. The van der Waals surface area contributed by atoms with E-state index in [2.05, 4.69) is 16.5 Å². The molecule has 0 amide bonds. The molecule has 1 atom stereocenters. The maximum atomic E-state index is 12.3. The zero-order chi connectivity index (χ0) is 20.5. The van der Waals surface area contributed by atoms with E-state index >= 15 is 0 Å². The molecule has 0 aromatic heterocycles. The molecular weight excluding hydrogens is 394 g/mol. The zero-order valence-electron chi connectivity index (χ0n) is 16.3. The van der Waals surface area contributed by atoms with Gasteiger partial charge in [0.25, 0.3) is 0 Å². The molecule has 0 saturated carbocycles. The summed E-state index contributed by atoms with van der Waals surface area (Å²) in [5, 5.41) is 15.3. The Bertz CT molecular complexity index is 800. The van der Waals surface area contributed by atoms with Gasteiger partial charge in [0.2, 0.25) is 0 Å². The first-order valence-corrected chi connectivity index (χ1v) is 10.3. The molecule has 3 rings (SSSR count). The highest BCUT2D eigenvalue weighted by atomic mass is 35.5. The van der Waals surface area contributed by atoms with Crippen LogP contribution in [0.3, 0.4) is 0 Å². The molecule has 1 saturated heterocycles. The number of benzene rings is 1. The van der Waals surface area contributed by atoms with Crippen molar-refractivity contribution in [1.82, 2.24) is 5.32 Å². The molecule has 2 heterocycles. The van der Waals surface area contributed by atoms with Gasteiger partial charge in [-0.15, -0.1) is 0 Å². The summed E-state index contributed by atoms with van der Waals surface area (Å²) in [5.41, 5.74) is 2.02. The quantitative estimate of drug-likeness (QED) is 0.341. The second-order valence-corrected chi connectivity index (χ2v) is 7.50. The molecule has 2 aliphatic rings. The van der Waals surface area contributed by atoms with Crippen LogP contribution in [0, 0.1) is 0 Å². The number of carbonyl (C=O) groups excluding carboxylic acids is 1. The number of ether oxygens (including phenoxy) is 1. The number of hydrogen-bond donors (Lipinski definition) is 2. The number of carbonyl (C=O) groups is 1. The first kappa shape index (κ1) is 22.3. The fraction of sp³-hybridized carbons (Fsp3) is 0.429. The highest BCUT2D eigenvalue weighted by Gasteiger charge is 2.34. The third-order valence-corrected chi connectivity index (χ3v) is 5.20. The van der Waals surface area contributed by atoms with E-state index in [-0.39, 0.29) is 6.61 Å². The maximum Gasteiger partial charge on any atom is 0.336 e. The Morgan fingerprint density at radius 3 is 2.61 bits per heavy atom. The fourth-order valence-electron chi connectivity index (χ4n) is 3.31. The molecule has 1 aromatic carbocycles. The van der Waals surface area contributed by atoms with Crippen molar-refractivity contribution in [2.24, 2.45) is 0 Å². The molecule has 1 aromatic rings. The van der Waals surface area contributed by atoms with Crippen LogP contribution in [0.2, 0.25) is 5.02 Å². The number of esters is 1. The van der Waals surface area contributed by atoms with Crippen LogP contribution in [0.25, 0.3) is 5.41 Å². The van der Waals surface area contributed by atoms with Gasteiger partial charge in [-0.05, 0) is 50.8 Å². The highest BCUT2D eigenvalue weighted by molar-refractivity contribution is 7.80. The predicted molar refractivity (Wildman–Crippen MR) is 117 cm³/mol. The number of nitrogens with two attached hydrogens (primary N) is 1. The normalized spacial score (nSPS) is 19.2. The molecule has 0 aliphatic carbocycles. The van der Waals surface area contributed by atoms with Crippen molar-refractivity contribution in [3.8, 4) is 0 Å². The Labute approximate surface area is 176 Å². The lowest BCUT2D eigenvalue weighted by molar-refractivity contribution is -0.662. The number of nitrogens with zero attached hydrogens (tertiary/aromatic N) is 1. The molecule has 7 heteroatoms. The molecule has 1 fully saturated rings. The molecule has 0 spiro atoms. The summed E-state index contributed by atoms with van der Waals surface area (Å²) < 4.78 is 5.13. The van der Waals surface area contributed by atoms with Gasteiger partial charge in [0.15, 0.2) is 0 Å². The van der Waals surface area contributed by atoms with Crippen LogP contribution in [-0.4, -0.2) is 36.5 Å². The molecule has 3 N–H and O–H groups in total. The number of halogens is 1. The van der Waals surface area contributed by atoms with E-state index in [1.165, 1.54) is 32.4 Å². The lowest BCUT2D eigenvalue weighted by Gasteiger charge is -2.30. The topological polar surface area (TPSA) is 77.2 Å². The molecule has 1 unspecified atom stereocenters. The molecule has 0 bridgehead atoms. The Kier molecular flexibility index (Phi) is 8.87. The van der Waals surface area contributed by atoms with Crippen LogP contribution in [0.4, 0.5) is 0 Å². The molecule has 0 radical (unpaired) electrons.